The number of hydrogen-bond donors (Lipinski definition) is 1. The van der Waals surface area contributed by atoms with Crippen LogP contribution in [0.1, 0.15) is 11.1 Å². The van der Waals surface area contributed by atoms with Crippen molar-refractivity contribution in [3.8, 4) is 12.3 Å². The van der Waals surface area contributed by atoms with Gasteiger partial charge in [-0.1, -0.05) is 30.2 Å². The molecule has 0 aliphatic rings. The lowest BCUT2D eigenvalue weighted by Gasteiger charge is -2.07. The molecule has 0 amide bonds. The van der Waals surface area contributed by atoms with Gasteiger partial charge < -0.3 is 5.32 Å². The molecule has 0 aromatic heterocycles. The summed E-state index contributed by atoms with van der Waals surface area (Å²) in [5.74, 6) is 2.55. The summed E-state index contributed by atoms with van der Waals surface area (Å²) in [6.45, 7) is 0.380. The summed E-state index contributed by atoms with van der Waals surface area (Å²) in [5.41, 5.74) is 2.36. The highest BCUT2D eigenvalue weighted by molar-refractivity contribution is 5.51. The summed E-state index contributed by atoms with van der Waals surface area (Å²) in [5, 5.41) is 14.0. The van der Waals surface area contributed by atoms with Crippen molar-refractivity contribution in [2.24, 2.45) is 0 Å². The minimum absolute atomic E-state index is 0.114. The molecule has 0 saturated heterocycles. The van der Waals surface area contributed by atoms with Gasteiger partial charge in [-0.3, -0.25) is 10.1 Å². The Hall–Kier alpha value is -2.80. The summed E-state index contributed by atoms with van der Waals surface area (Å²) >= 11 is 0. The van der Waals surface area contributed by atoms with Crippen LogP contribution in [0, 0.1) is 22.5 Å². The van der Waals surface area contributed by atoms with Crippen molar-refractivity contribution in [3.05, 3.63) is 69.8 Å². The second kappa shape index (κ2) is 5.69. The molecule has 0 bridgehead atoms. The highest BCUT2D eigenvalue weighted by atomic mass is 16.6. The Balaban J connectivity index is 2.15. The third-order valence-electron chi connectivity index (χ3n) is 2.70. The van der Waals surface area contributed by atoms with E-state index in [2.05, 4.69) is 11.2 Å². The molecule has 0 spiro atoms. The van der Waals surface area contributed by atoms with Gasteiger partial charge in [0.15, 0.2) is 0 Å². The molecule has 0 fully saturated rings. The lowest BCUT2D eigenvalue weighted by atomic mass is 10.1. The first-order valence-electron chi connectivity index (χ1n) is 5.73. The van der Waals surface area contributed by atoms with Crippen LogP contribution in [0.5, 0.6) is 0 Å². The summed E-state index contributed by atoms with van der Waals surface area (Å²) in [6.07, 6.45) is 5.32. The number of hydrogen-bond acceptors (Lipinski definition) is 3. The predicted octanol–water partition coefficient (Wildman–Crippen LogP) is 3.19. The third-order valence-corrected chi connectivity index (χ3v) is 2.70. The van der Waals surface area contributed by atoms with E-state index in [0.717, 1.165) is 11.3 Å². The highest BCUT2D eigenvalue weighted by Crippen LogP contribution is 2.19. The molecule has 4 heteroatoms. The first-order chi connectivity index (χ1) is 9.20. The Bertz CT molecular complexity index is 645. The van der Waals surface area contributed by atoms with E-state index in [1.54, 1.807) is 18.2 Å². The number of nitrogens with one attached hydrogen (secondary N) is 1. The minimum Gasteiger partial charge on any atom is -0.381 e. The van der Waals surface area contributed by atoms with Gasteiger partial charge >= 0.3 is 0 Å². The van der Waals surface area contributed by atoms with E-state index in [4.69, 9.17) is 6.42 Å². The Morgan fingerprint density at radius 2 is 2.00 bits per heavy atom. The Morgan fingerprint density at radius 3 is 2.74 bits per heavy atom. The molecule has 0 atom stereocenters. The van der Waals surface area contributed by atoms with Crippen LogP contribution < -0.4 is 5.32 Å². The van der Waals surface area contributed by atoms with E-state index in [0.29, 0.717) is 12.1 Å². The molecular weight excluding hydrogens is 240 g/mol. The summed E-state index contributed by atoms with van der Waals surface area (Å²) in [6, 6.07) is 14.0. The second-order valence-corrected chi connectivity index (χ2v) is 3.96. The van der Waals surface area contributed by atoms with Gasteiger partial charge in [0, 0.05) is 29.4 Å². The maximum absolute atomic E-state index is 10.9. The fourth-order valence-corrected chi connectivity index (χ4v) is 1.75. The van der Waals surface area contributed by atoms with Gasteiger partial charge in [0.25, 0.3) is 5.69 Å². The topological polar surface area (TPSA) is 55.2 Å². The molecule has 94 valence electrons. The van der Waals surface area contributed by atoms with Crippen molar-refractivity contribution in [1.29, 1.82) is 0 Å². The fraction of sp³-hybridized carbons (Fsp3) is 0.0667. The van der Waals surface area contributed by atoms with Crippen LogP contribution in [0.3, 0.4) is 0 Å². The molecule has 0 unspecified atom stereocenters. The highest BCUT2D eigenvalue weighted by Gasteiger charge is 2.11. The second-order valence-electron chi connectivity index (χ2n) is 3.96. The van der Waals surface area contributed by atoms with Crippen LogP contribution in [-0.4, -0.2) is 4.92 Å². The van der Waals surface area contributed by atoms with E-state index in [1.165, 1.54) is 6.07 Å². The first-order valence-corrected chi connectivity index (χ1v) is 5.73. The summed E-state index contributed by atoms with van der Waals surface area (Å²) < 4.78 is 0. The lowest BCUT2D eigenvalue weighted by molar-refractivity contribution is -0.385. The van der Waals surface area contributed by atoms with E-state index in [1.807, 2.05) is 24.3 Å². The average molecular weight is 252 g/mol. The SMILES string of the molecule is C#Cc1cccc(NCc2ccccc2[N+](=O)[O-])c1. The zero-order valence-corrected chi connectivity index (χ0v) is 10.2. The lowest BCUT2D eigenvalue weighted by Crippen LogP contribution is -2.03. The molecule has 19 heavy (non-hydrogen) atoms. The molecule has 0 saturated carbocycles. The predicted molar refractivity (Wildman–Crippen MR) is 74.8 cm³/mol. The van der Waals surface area contributed by atoms with E-state index < -0.39 is 0 Å². The van der Waals surface area contributed by atoms with E-state index in [9.17, 15) is 10.1 Å². The zero-order chi connectivity index (χ0) is 13.7. The van der Waals surface area contributed by atoms with Crippen molar-refractivity contribution in [1.82, 2.24) is 0 Å². The number of anilines is 1. The zero-order valence-electron chi connectivity index (χ0n) is 10.2. The maximum Gasteiger partial charge on any atom is 0.274 e. The van der Waals surface area contributed by atoms with Crippen LogP contribution >= 0.6 is 0 Å². The fourth-order valence-electron chi connectivity index (χ4n) is 1.75. The van der Waals surface area contributed by atoms with Crippen molar-refractivity contribution in [3.63, 3.8) is 0 Å². The number of nitro benzene ring substituents is 1. The molecule has 4 nitrogen and oxygen atoms in total. The van der Waals surface area contributed by atoms with E-state index >= 15 is 0 Å². The first kappa shape index (κ1) is 12.7. The number of para-hydroxylation sites is 1. The monoisotopic (exact) mass is 252 g/mol. The van der Waals surface area contributed by atoms with Crippen molar-refractivity contribution in [2.45, 2.75) is 6.54 Å². The Kier molecular flexibility index (Phi) is 3.79. The molecule has 2 aromatic rings. The minimum atomic E-state index is -0.380. The van der Waals surface area contributed by atoms with Crippen LogP contribution in [0.25, 0.3) is 0 Å². The van der Waals surface area contributed by atoms with Gasteiger partial charge in [0.2, 0.25) is 0 Å². The van der Waals surface area contributed by atoms with Crippen LogP contribution in [0.2, 0.25) is 0 Å². The van der Waals surface area contributed by atoms with Gasteiger partial charge in [-0.15, -0.1) is 6.42 Å². The molecule has 1 N–H and O–H groups in total. The van der Waals surface area contributed by atoms with E-state index in [-0.39, 0.29) is 10.6 Å². The van der Waals surface area contributed by atoms with Gasteiger partial charge in [-0.2, -0.15) is 0 Å². The average Bonchev–Trinajstić information content (AvgIpc) is 2.45. The van der Waals surface area contributed by atoms with Gasteiger partial charge in [-0.05, 0) is 18.2 Å². The molecular formula is C15H12N2O2. The maximum atomic E-state index is 10.9. The quantitative estimate of drug-likeness (QED) is 0.516. The molecule has 2 rings (SSSR count). The number of rotatable bonds is 4. The standard InChI is InChI=1S/C15H12N2O2/c1-2-12-6-5-8-14(10-12)16-11-13-7-3-4-9-15(13)17(18)19/h1,3-10,16H,11H2. The number of nitro groups is 1. The van der Waals surface area contributed by atoms with Gasteiger partial charge in [0.05, 0.1) is 4.92 Å². The van der Waals surface area contributed by atoms with Crippen molar-refractivity contribution < 1.29 is 4.92 Å². The molecule has 0 aliphatic heterocycles. The van der Waals surface area contributed by atoms with Crippen molar-refractivity contribution >= 4 is 11.4 Å². The van der Waals surface area contributed by atoms with Gasteiger partial charge in [-0.25, -0.2) is 0 Å². The number of terminal acetylenes is 1. The Labute approximate surface area is 111 Å². The molecule has 2 aromatic carbocycles. The smallest absolute Gasteiger partial charge is 0.274 e. The normalized spacial score (nSPS) is 9.63. The molecule has 0 aliphatic carbocycles. The largest absolute Gasteiger partial charge is 0.381 e. The summed E-state index contributed by atoms with van der Waals surface area (Å²) in [4.78, 5) is 10.5. The number of benzene rings is 2. The summed E-state index contributed by atoms with van der Waals surface area (Å²) in [7, 11) is 0. The Morgan fingerprint density at radius 1 is 1.21 bits per heavy atom. The van der Waals surface area contributed by atoms with Crippen LogP contribution in [0.4, 0.5) is 11.4 Å². The van der Waals surface area contributed by atoms with Gasteiger partial charge in [0.1, 0.15) is 0 Å². The third kappa shape index (κ3) is 3.11. The van der Waals surface area contributed by atoms with Crippen molar-refractivity contribution in [2.75, 3.05) is 5.32 Å². The molecule has 0 heterocycles. The number of nitrogens with zero attached hydrogens (tertiary/aromatic N) is 1. The van der Waals surface area contributed by atoms with Crippen LogP contribution in [-0.2, 0) is 6.54 Å². The van der Waals surface area contributed by atoms with Crippen LogP contribution in [0.15, 0.2) is 48.5 Å². The molecule has 0 radical (unpaired) electrons.